The monoisotopic (exact) mass is 421 g/mol. The second kappa shape index (κ2) is 8.24. The molecule has 0 unspecified atom stereocenters. The Morgan fingerprint density at radius 2 is 2.00 bits per heavy atom. The minimum atomic E-state index is -0.235. The number of fused-ring (bicyclic) bond motifs is 1. The zero-order valence-corrected chi connectivity index (χ0v) is 17.6. The summed E-state index contributed by atoms with van der Waals surface area (Å²) in [6.45, 7) is 6.49. The van der Waals surface area contributed by atoms with Crippen LogP contribution in [0, 0.1) is 6.92 Å². The summed E-state index contributed by atoms with van der Waals surface area (Å²) in [4.78, 5) is 14.0. The number of carbonyl (C=O) groups is 1. The maximum Gasteiger partial charge on any atom is 0.279 e. The molecular formula is C18H20ClN5OS2. The van der Waals surface area contributed by atoms with Crippen LogP contribution in [0.15, 0.2) is 30.3 Å². The summed E-state index contributed by atoms with van der Waals surface area (Å²) in [6.07, 6.45) is 0. The van der Waals surface area contributed by atoms with Crippen molar-refractivity contribution in [2.24, 2.45) is 0 Å². The SMILES string of the molecule is Cc1nn(Cc2ccc(Cl)cc2)c2sc(C(=O)NNC(=S)NC(C)C)cc12. The van der Waals surface area contributed by atoms with Gasteiger partial charge in [-0.3, -0.25) is 20.3 Å². The quantitative estimate of drug-likeness (QED) is 0.443. The molecule has 0 aliphatic heterocycles. The van der Waals surface area contributed by atoms with Crippen molar-refractivity contribution in [1.82, 2.24) is 25.9 Å². The Kier molecular flexibility index (Phi) is 5.98. The zero-order valence-electron chi connectivity index (χ0n) is 15.2. The number of amides is 1. The normalized spacial score (nSPS) is 11.0. The Labute approximate surface area is 171 Å². The molecule has 2 aromatic heterocycles. The Morgan fingerprint density at radius 3 is 2.67 bits per heavy atom. The first-order chi connectivity index (χ1) is 12.8. The first-order valence-corrected chi connectivity index (χ1v) is 10.0. The van der Waals surface area contributed by atoms with Crippen molar-refractivity contribution < 1.29 is 4.79 Å². The fourth-order valence-electron chi connectivity index (χ4n) is 2.57. The predicted octanol–water partition coefficient (Wildman–Crippen LogP) is 3.63. The molecule has 0 aliphatic carbocycles. The molecule has 0 spiro atoms. The summed E-state index contributed by atoms with van der Waals surface area (Å²) in [5, 5.41) is 9.65. The van der Waals surface area contributed by atoms with Crippen molar-refractivity contribution in [2.45, 2.75) is 33.4 Å². The van der Waals surface area contributed by atoms with E-state index in [-0.39, 0.29) is 11.9 Å². The second-order valence-electron chi connectivity index (χ2n) is 6.41. The molecule has 0 fully saturated rings. The number of halogens is 1. The highest BCUT2D eigenvalue weighted by atomic mass is 35.5. The molecule has 2 heterocycles. The number of carbonyl (C=O) groups excluding carboxylic acids is 1. The topological polar surface area (TPSA) is 71.0 Å². The Balaban J connectivity index is 1.76. The van der Waals surface area contributed by atoms with Gasteiger partial charge < -0.3 is 5.32 Å². The van der Waals surface area contributed by atoms with Gasteiger partial charge in [-0.2, -0.15) is 5.10 Å². The van der Waals surface area contributed by atoms with Crippen molar-refractivity contribution in [3.63, 3.8) is 0 Å². The van der Waals surface area contributed by atoms with Crippen molar-refractivity contribution in [1.29, 1.82) is 0 Å². The second-order valence-corrected chi connectivity index (χ2v) is 8.28. The van der Waals surface area contributed by atoms with Gasteiger partial charge in [0.25, 0.3) is 5.91 Å². The number of nitrogens with zero attached hydrogens (tertiary/aromatic N) is 2. The molecule has 3 rings (SSSR count). The lowest BCUT2D eigenvalue weighted by atomic mass is 10.2. The van der Waals surface area contributed by atoms with Crippen LogP contribution in [0.2, 0.25) is 5.02 Å². The fourth-order valence-corrected chi connectivity index (χ4v) is 4.04. The highest BCUT2D eigenvalue weighted by Crippen LogP contribution is 2.28. The van der Waals surface area contributed by atoms with Gasteiger partial charge in [0.1, 0.15) is 4.83 Å². The third-order valence-electron chi connectivity index (χ3n) is 3.79. The minimum Gasteiger partial charge on any atom is -0.359 e. The number of hydrazine groups is 1. The van der Waals surface area contributed by atoms with Crippen LogP contribution in [0.3, 0.4) is 0 Å². The van der Waals surface area contributed by atoms with E-state index in [0.717, 1.165) is 21.5 Å². The van der Waals surface area contributed by atoms with E-state index in [1.54, 1.807) is 0 Å². The highest BCUT2D eigenvalue weighted by molar-refractivity contribution is 7.80. The van der Waals surface area contributed by atoms with Gasteiger partial charge in [-0.15, -0.1) is 11.3 Å². The smallest absolute Gasteiger partial charge is 0.279 e. The fraction of sp³-hybridized carbons (Fsp3) is 0.278. The van der Waals surface area contributed by atoms with Gasteiger partial charge in [-0.05, 0) is 56.8 Å². The van der Waals surface area contributed by atoms with Gasteiger partial charge in [-0.1, -0.05) is 23.7 Å². The number of benzene rings is 1. The van der Waals surface area contributed by atoms with Crippen LogP contribution in [0.25, 0.3) is 10.2 Å². The number of nitrogens with one attached hydrogen (secondary N) is 3. The summed E-state index contributed by atoms with van der Waals surface area (Å²) in [7, 11) is 0. The van der Waals surface area contributed by atoms with Crippen molar-refractivity contribution in [3.05, 3.63) is 51.5 Å². The number of aromatic nitrogens is 2. The van der Waals surface area contributed by atoms with E-state index in [9.17, 15) is 4.79 Å². The van der Waals surface area contributed by atoms with Gasteiger partial charge in [0.15, 0.2) is 5.11 Å². The van der Waals surface area contributed by atoms with Gasteiger partial charge in [-0.25, -0.2) is 0 Å². The van der Waals surface area contributed by atoms with Crippen LogP contribution in [0.1, 0.15) is 34.8 Å². The summed E-state index contributed by atoms with van der Waals surface area (Å²) in [6, 6.07) is 9.71. The summed E-state index contributed by atoms with van der Waals surface area (Å²) >= 11 is 12.5. The van der Waals surface area contributed by atoms with E-state index in [1.165, 1.54) is 11.3 Å². The van der Waals surface area contributed by atoms with Gasteiger partial charge >= 0.3 is 0 Å². The van der Waals surface area contributed by atoms with E-state index in [0.29, 0.717) is 21.6 Å². The molecule has 1 amide bonds. The highest BCUT2D eigenvalue weighted by Gasteiger charge is 2.16. The van der Waals surface area contributed by atoms with Crippen LogP contribution in [-0.4, -0.2) is 26.8 Å². The van der Waals surface area contributed by atoms with Crippen molar-refractivity contribution >= 4 is 56.4 Å². The summed E-state index contributed by atoms with van der Waals surface area (Å²) < 4.78 is 1.91. The standard InChI is InChI=1S/C18H20ClN5OS2/c1-10(2)20-18(26)22-21-16(25)15-8-14-11(3)23-24(17(14)27-15)9-12-4-6-13(19)7-5-12/h4-8,10H,9H2,1-3H3,(H,21,25)(H2,20,22,26). The average Bonchev–Trinajstić information content (AvgIpc) is 3.16. The lowest BCUT2D eigenvalue weighted by molar-refractivity contribution is 0.0947. The van der Waals surface area contributed by atoms with Gasteiger partial charge in [0.05, 0.1) is 17.1 Å². The van der Waals surface area contributed by atoms with Crippen LogP contribution >= 0.6 is 35.2 Å². The molecule has 3 N–H and O–H groups in total. The molecule has 0 saturated carbocycles. The Bertz CT molecular complexity index is 978. The molecule has 142 valence electrons. The third-order valence-corrected chi connectivity index (χ3v) is 5.41. The minimum absolute atomic E-state index is 0.188. The summed E-state index contributed by atoms with van der Waals surface area (Å²) in [5.41, 5.74) is 7.32. The van der Waals surface area contributed by atoms with Crippen LogP contribution in [-0.2, 0) is 6.54 Å². The first kappa shape index (κ1) is 19.6. The molecular weight excluding hydrogens is 402 g/mol. The molecule has 27 heavy (non-hydrogen) atoms. The maximum atomic E-state index is 12.4. The Morgan fingerprint density at radius 1 is 1.30 bits per heavy atom. The van der Waals surface area contributed by atoms with E-state index < -0.39 is 0 Å². The van der Waals surface area contributed by atoms with Crippen LogP contribution in [0.4, 0.5) is 0 Å². The van der Waals surface area contributed by atoms with Gasteiger partial charge in [0, 0.05) is 16.5 Å². The number of hydrogen-bond donors (Lipinski definition) is 3. The Hall–Kier alpha value is -2.16. The van der Waals surface area contributed by atoms with Crippen LogP contribution < -0.4 is 16.2 Å². The molecule has 0 radical (unpaired) electrons. The van der Waals surface area contributed by atoms with E-state index in [2.05, 4.69) is 21.3 Å². The van der Waals surface area contributed by atoms with E-state index in [4.69, 9.17) is 23.8 Å². The number of thiocarbonyl (C=S) groups is 1. The van der Waals surface area contributed by atoms with Gasteiger partial charge in [0.2, 0.25) is 0 Å². The molecule has 3 aromatic rings. The number of thiophene rings is 1. The van der Waals surface area contributed by atoms with Crippen LogP contribution in [0.5, 0.6) is 0 Å². The average molecular weight is 422 g/mol. The van der Waals surface area contributed by atoms with E-state index >= 15 is 0 Å². The molecule has 0 bridgehead atoms. The first-order valence-electron chi connectivity index (χ1n) is 8.41. The third kappa shape index (κ3) is 4.77. The largest absolute Gasteiger partial charge is 0.359 e. The molecule has 1 aromatic carbocycles. The molecule has 9 heteroatoms. The number of aryl methyl sites for hydroxylation is 1. The van der Waals surface area contributed by atoms with Crippen molar-refractivity contribution in [3.8, 4) is 0 Å². The lowest BCUT2D eigenvalue weighted by Gasteiger charge is -2.13. The number of hydrogen-bond acceptors (Lipinski definition) is 4. The molecule has 0 aliphatic rings. The van der Waals surface area contributed by atoms with E-state index in [1.807, 2.05) is 55.8 Å². The predicted molar refractivity (Wildman–Crippen MR) is 114 cm³/mol. The zero-order chi connectivity index (χ0) is 19.6. The summed E-state index contributed by atoms with van der Waals surface area (Å²) in [5.74, 6) is -0.235. The lowest BCUT2D eigenvalue weighted by Crippen LogP contribution is -2.48. The van der Waals surface area contributed by atoms with Crippen molar-refractivity contribution in [2.75, 3.05) is 0 Å². The molecule has 0 atom stereocenters. The maximum absolute atomic E-state index is 12.4. The number of rotatable bonds is 4. The molecule has 6 nitrogen and oxygen atoms in total. The molecule has 0 saturated heterocycles.